The fraction of sp³-hybridized carbons (Fsp3) is 0.897. The van der Waals surface area contributed by atoms with Gasteiger partial charge in [-0.2, -0.15) is 5.10 Å². The summed E-state index contributed by atoms with van der Waals surface area (Å²) in [6.45, 7) is 11.2. The highest BCUT2D eigenvalue weighted by Crippen LogP contribution is 2.18. The predicted octanol–water partition coefficient (Wildman–Crippen LogP) is 11.2. The lowest BCUT2D eigenvalue weighted by atomic mass is 10.0. The van der Waals surface area contributed by atoms with Crippen LogP contribution in [0.1, 0.15) is 194 Å². The van der Waals surface area contributed by atoms with Crippen LogP contribution in [0.2, 0.25) is 0 Å². The van der Waals surface area contributed by atoms with Crippen LogP contribution in [0, 0.1) is 0 Å². The Balaban J connectivity index is 2.27. The molecular formula is C39H77N5O2. The largest absolute Gasteiger partial charge is 0.462 e. The van der Waals surface area contributed by atoms with Crippen LogP contribution in [0.4, 0.5) is 11.6 Å². The first-order valence-corrected chi connectivity index (χ1v) is 20.1. The zero-order valence-electron chi connectivity index (χ0n) is 30.9. The quantitative estimate of drug-likeness (QED) is 0.0501. The van der Waals surface area contributed by atoms with Crippen molar-refractivity contribution < 1.29 is 9.53 Å². The normalized spacial score (nSPS) is 11.6. The minimum absolute atomic E-state index is 0.0400. The molecule has 4 N–H and O–H groups in total. The molecule has 1 rings (SSSR count). The third-order valence-corrected chi connectivity index (χ3v) is 9.30. The fourth-order valence-electron chi connectivity index (χ4n) is 6.34. The maximum atomic E-state index is 12.7. The van der Waals surface area contributed by atoms with Crippen molar-refractivity contribution >= 4 is 17.6 Å². The van der Waals surface area contributed by atoms with Gasteiger partial charge in [0.25, 0.3) is 0 Å². The summed E-state index contributed by atoms with van der Waals surface area (Å²) in [5.74, 6) is 1.47. The molecule has 0 saturated carbocycles. The number of nitrogens with zero attached hydrogens (tertiary/aromatic N) is 2. The van der Waals surface area contributed by atoms with Crippen LogP contribution in [-0.2, 0) is 9.53 Å². The molecule has 1 aromatic rings. The molecule has 0 aliphatic heterocycles. The smallest absolute Gasteiger partial charge is 0.306 e. The number of anilines is 2. The molecule has 0 aliphatic carbocycles. The molecule has 46 heavy (non-hydrogen) atoms. The van der Waals surface area contributed by atoms with Gasteiger partial charge in [-0.05, 0) is 71.0 Å². The summed E-state index contributed by atoms with van der Waals surface area (Å²) in [4.78, 5) is 15.4. The molecule has 0 fully saturated rings. The van der Waals surface area contributed by atoms with E-state index >= 15 is 0 Å². The number of nitrogen functional groups attached to an aromatic ring is 1. The monoisotopic (exact) mass is 648 g/mol. The van der Waals surface area contributed by atoms with E-state index in [-0.39, 0.29) is 12.1 Å². The molecule has 0 unspecified atom stereocenters. The van der Waals surface area contributed by atoms with Crippen molar-refractivity contribution in [1.82, 2.24) is 15.1 Å². The van der Waals surface area contributed by atoms with E-state index in [1.807, 2.05) is 6.07 Å². The van der Waals surface area contributed by atoms with Gasteiger partial charge in [-0.3, -0.25) is 9.89 Å². The molecular weight excluding hydrogens is 570 g/mol. The first-order valence-electron chi connectivity index (χ1n) is 20.1. The minimum Gasteiger partial charge on any atom is -0.462 e. The van der Waals surface area contributed by atoms with Crippen LogP contribution in [0.5, 0.6) is 0 Å². The molecule has 0 spiro atoms. The Hall–Kier alpha value is -1.76. The van der Waals surface area contributed by atoms with Crippen molar-refractivity contribution in [3.63, 3.8) is 0 Å². The number of nitrogens with one attached hydrogen (secondary N) is 2. The molecule has 0 bridgehead atoms. The summed E-state index contributed by atoms with van der Waals surface area (Å²) in [7, 11) is 0. The van der Waals surface area contributed by atoms with E-state index in [1.54, 1.807) is 0 Å². The molecule has 0 atom stereocenters. The van der Waals surface area contributed by atoms with Crippen molar-refractivity contribution in [2.75, 3.05) is 37.2 Å². The number of aromatic nitrogens is 2. The predicted molar refractivity (Wildman–Crippen MR) is 199 cm³/mol. The summed E-state index contributed by atoms with van der Waals surface area (Å²) >= 11 is 0. The van der Waals surface area contributed by atoms with Crippen molar-refractivity contribution in [3.8, 4) is 0 Å². The van der Waals surface area contributed by atoms with Crippen molar-refractivity contribution in [1.29, 1.82) is 0 Å². The summed E-state index contributed by atoms with van der Waals surface area (Å²) in [6.07, 6.45) is 33.3. The van der Waals surface area contributed by atoms with E-state index in [0.29, 0.717) is 12.2 Å². The highest BCUT2D eigenvalue weighted by Gasteiger charge is 2.14. The maximum absolute atomic E-state index is 12.7. The Labute approximate surface area is 285 Å². The van der Waals surface area contributed by atoms with E-state index in [9.17, 15) is 4.79 Å². The van der Waals surface area contributed by atoms with E-state index < -0.39 is 0 Å². The number of esters is 1. The number of carbonyl (C=O) groups is 1. The van der Waals surface area contributed by atoms with Gasteiger partial charge in [0.1, 0.15) is 17.7 Å². The van der Waals surface area contributed by atoms with Crippen LogP contribution < -0.4 is 11.1 Å². The van der Waals surface area contributed by atoms with Gasteiger partial charge >= 0.3 is 5.97 Å². The summed E-state index contributed by atoms with van der Waals surface area (Å²) in [6, 6.07) is 1.85. The van der Waals surface area contributed by atoms with Gasteiger partial charge in [-0.15, -0.1) is 0 Å². The second kappa shape index (κ2) is 31.8. The van der Waals surface area contributed by atoms with Crippen molar-refractivity contribution in [2.24, 2.45) is 0 Å². The van der Waals surface area contributed by atoms with Gasteiger partial charge in [-0.25, -0.2) is 0 Å². The van der Waals surface area contributed by atoms with Gasteiger partial charge in [0.2, 0.25) is 0 Å². The molecule has 0 amide bonds. The zero-order chi connectivity index (χ0) is 33.3. The third-order valence-electron chi connectivity index (χ3n) is 9.30. The second-order valence-electron chi connectivity index (χ2n) is 13.8. The van der Waals surface area contributed by atoms with Crippen LogP contribution >= 0.6 is 0 Å². The zero-order valence-corrected chi connectivity index (χ0v) is 30.9. The Morgan fingerprint density at radius 3 is 1.65 bits per heavy atom. The average Bonchev–Trinajstić information content (AvgIpc) is 3.47. The molecule has 1 aromatic heterocycles. The summed E-state index contributed by atoms with van der Waals surface area (Å²) in [5.41, 5.74) is 5.74. The lowest BCUT2D eigenvalue weighted by Crippen LogP contribution is -2.28. The number of H-pyrrole nitrogens is 1. The maximum Gasteiger partial charge on any atom is 0.306 e. The second-order valence-corrected chi connectivity index (χ2v) is 13.8. The Bertz CT molecular complexity index is 770. The molecule has 7 nitrogen and oxygen atoms in total. The topological polar surface area (TPSA) is 96.3 Å². The number of aromatic amines is 1. The first-order chi connectivity index (χ1) is 22.6. The average molecular weight is 648 g/mol. The Kier molecular flexibility index (Phi) is 29.2. The molecule has 0 saturated heterocycles. The molecule has 0 aliphatic rings. The highest BCUT2D eigenvalue weighted by molar-refractivity contribution is 5.69. The van der Waals surface area contributed by atoms with E-state index in [1.165, 1.54) is 148 Å². The van der Waals surface area contributed by atoms with Crippen molar-refractivity contribution in [3.05, 3.63) is 6.07 Å². The van der Waals surface area contributed by atoms with Gasteiger partial charge in [-0.1, -0.05) is 136 Å². The van der Waals surface area contributed by atoms with Gasteiger partial charge < -0.3 is 20.7 Å². The number of nitrogens with two attached hydrogens (primary N) is 1. The molecule has 0 radical (unpaired) electrons. The van der Waals surface area contributed by atoms with Gasteiger partial charge in [0.15, 0.2) is 0 Å². The third kappa shape index (κ3) is 26.3. The number of unbranched alkanes of at least 4 members (excludes halogenated alkanes) is 19. The van der Waals surface area contributed by atoms with Crippen LogP contribution in [0.3, 0.4) is 0 Å². The molecule has 1 heterocycles. The van der Waals surface area contributed by atoms with Crippen LogP contribution in [0.15, 0.2) is 6.07 Å². The van der Waals surface area contributed by atoms with E-state index in [2.05, 4.69) is 41.2 Å². The lowest BCUT2D eigenvalue weighted by molar-refractivity contribution is -0.150. The first kappa shape index (κ1) is 42.3. The minimum atomic E-state index is 0.0400. The lowest BCUT2D eigenvalue weighted by Gasteiger charge is -2.22. The Morgan fingerprint density at radius 1 is 0.696 bits per heavy atom. The van der Waals surface area contributed by atoms with Gasteiger partial charge in [0, 0.05) is 19.0 Å². The number of ether oxygens (including phenoxy) is 1. The number of carbonyl (C=O) groups excluding carboxylic acids is 1. The fourth-order valence-corrected chi connectivity index (χ4v) is 6.34. The molecule has 270 valence electrons. The van der Waals surface area contributed by atoms with E-state index in [0.717, 1.165) is 51.0 Å². The molecule has 7 heteroatoms. The highest BCUT2D eigenvalue weighted by atomic mass is 16.5. The standard InChI is InChI=1S/C39H77N5O2/c1-4-7-10-13-17-22-28-36(29-23-18-14-11-8-5-2)46-39(45)30-24-19-16-21-26-33-44(32-25-20-15-12-9-6-3)34-27-31-41-38-35-37(40)42-43-38/h35-36H,4-34H2,1-3H3,(H4,40,41,42,43). The molecule has 0 aromatic carbocycles. The van der Waals surface area contributed by atoms with Crippen LogP contribution in [0.25, 0.3) is 0 Å². The van der Waals surface area contributed by atoms with Gasteiger partial charge in [0.05, 0.1) is 0 Å². The number of hydrogen-bond acceptors (Lipinski definition) is 6. The number of hydrogen-bond donors (Lipinski definition) is 3. The Morgan fingerprint density at radius 2 is 1.15 bits per heavy atom. The number of rotatable bonds is 35. The van der Waals surface area contributed by atoms with Crippen LogP contribution in [-0.4, -0.2) is 53.3 Å². The summed E-state index contributed by atoms with van der Waals surface area (Å²) < 4.78 is 6.05. The van der Waals surface area contributed by atoms with E-state index in [4.69, 9.17) is 10.5 Å². The summed E-state index contributed by atoms with van der Waals surface area (Å²) in [5, 5.41) is 10.3. The van der Waals surface area contributed by atoms with Crippen molar-refractivity contribution in [2.45, 2.75) is 200 Å². The SMILES string of the molecule is CCCCCCCCC(CCCCCCCC)OC(=O)CCCCCCCN(CCCCCCCC)CCCNc1cc(N)[nH]n1.